The van der Waals surface area contributed by atoms with Crippen molar-refractivity contribution in [3.05, 3.63) is 42.9 Å². The van der Waals surface area contributed by atoms with Crippen LogP contribution in [-0.4, -0.2) is 51.2 Å². The van der Waals surface area contributed by atoms with Crippen molar-refractivity contribution >= 4 is 22.6 Å². The van der Waals surface area contributed by atoms with E-state index in [1.807, 2.05) is 49.7 Å². The number of aromatic nitrogens is 3. The highest BCUT2D eigenvalue weighted by Gasteiger charge is 2.23. The monoisotopic (exact) mass is 337 g/mol. The second kappa shape index (κ2) is 6.15. The third kappa shape index (κ3) is 3.04. The Morgan fingerprint density at radius 1 is 1.12 bits per heavy atom. The van der Waals surface area contributed by atoms with Crippen molar-refractivity contribution in [1.29, 1.82) is 0 Å². The van der Waals surface area contributed by atoms with Gasteiger partial charge in [-0.15, -0.1) is 0 Å². The van der Waals surface area contributed by atoms with Crippen LogP contribution >= 0.6 is 0 Å². The molecule has 3 heterocycles. The molecule has 0 atom stereocenters. The predicted molar refractivity (Wildman–Crippen MR) is 95.4 cm³/mol. The zero-order valence-corrected chi connectivity index (χ0v) is 14.1. The SMILES string of the molecule is CN1CNCN1C(=O)Nc1cc2cc(-c3cnn(C)c3)ccc2cn1. The molecule has 0 aliphatic carbocycles. The van der Waals surface area contributed by atoms with Crippen molar-refractivity contribution in [2.24, 2.45) is 7.05 Å². The van der Waals surface area contributed by atoms with E-state index >= 15 is 0 Å². The molecular weight excluding hydrogens is 318 g/mol. The minimum Gasteiger partial charge on any atom is -0.291 e. The lowest BCUT2D eigenvalue weighted by molar-refractivity contribution is 0.0977. The van der Waals surface area contributed by atoms with E-state index in [9.17, 15) is 4.79 Å². The van der Waals surface area contributed by atoms with Crippen LogP contribution in [0.2, 0.25) is 0 Å². The number of aryl methyl sites for hydroxylation is 1. The zero-order chi connectivity index (χ0) is 17.4. The molecule has 8 heteroatoms. The van der Waals surface area contributed by atoms with Crippen molar-refractivity contribution in [3.63, 3.8) is 0 Å². The third-order valence-corrected chi connectivity index (χ3v) is 4.24. The summed E-state index contributed by atoms with van der Waals surface area (Å²) in [5, 5.41) is 15.6. The summed E-state index contributed by atoms with van der Waals surface area (Å²) < 4.78 is 1.78. The first-order chi connectivity index (χ1) is 12.1. The lowest BCUT2D eigenvalue weighted by atomic mass is 10.1. The first-order valence-corrected chi connectivity index (χ1v) is 7.99. The molecule has 1 saturated heterocycles. The molecule has 0 saturated carbocycles. The number of fused-ring (bicyclic) bond motifs is 1. The Morgan fingerprint density at radius 3 is 2.72 bits per heavy atom. The largest absolute Gasteiger partial charge is 0.338 e. The van der Waals surface area contributed by atoms with Crippen molar-refractivity contribution in [2.45, 2.75) is 0 Å². The van der Waals surface area contributed by atoms with E-state index in [2.05, 4.69) is 26.8 Å². The van der Waals surface area contributed by atoms with Crippen LogP contribution in [-0.2, 0) is 7.05 Å². The van der Waals surface area contributed by atoms with E-state index in [1.54, 1.807) is 15.9 Å². The molecule has 2 N–H and O–H groups in total. The maximum absolute atomic E-state index is 12.3. The van der Waals surface area contributed by atoms with E-state index in [-0.39, 0.29) is 6.03 Å². The Morgan fingerprint density at radius 2 is 2.00 bits per heavy atom. The van der Waals surface area contributed by atoms with E-state index in [0.717, 1.165) is 21.9 Å². The smallest absolute Gasteiger partial charge is 0.291 e. The Labute approximate surface area is 145 Å². The van der Waals surface area contributed by atoms with Crippen LogP contribution < -0.4 is 10.6 Å². The molecule has 128 valence electrons. The Balaban J connectivity index is 1.61. The standard InChI is InChI=1S/C17H19N7O/c1-22-9-15(8-20-22)12-3-4-13-7-19-16(6-14(13)5-12)21-17(25)24-11-18-10-23(24)2/h3-9,18H,10-11H2,1-2H3,(H,19,21,25). The number of anilines is 1. The van der Waals surface area contributed by atoms with Crippen LogP contribution in [0.5, 0.6) is 0 Å². The van der Waals surface area contributed by atoms with Gasteiger partial charge in [-0.1, -0.05) is 12.1 Å². The van der Waals surface area contributed by atoms with Crippen LogP contribution in [0, 0.1) is 0 Å². The van der Waals surface area contributed by atoms with Gasteiger partial charge in [-0.2, -0.15) is 5.10 Å². The van der Waals surface area contributed by atoms with Gasteiger partial charge < -0.3 is 0 Å². The number of pyridine rings is 1. The summed E-state index contributed by atoms with van der Waals surface area (Å²) in [6.07, 6.45) is 5.58. The van der Waals surface area contributed by atoms with Crippen LogP contribution in [0.3, 0.4) is 0 Å². The van der Waals surface area contributed by atoms with Gasteiger partial charge in [0.05, 0.1) is 19.5 Å². The van der Waals surface area contributed by atoms with Crippen LogP contribution in [0.1, 0.15) is 0 Å². The fraction of sp³-hybridized carbons (Fsp3) is 0.235. The quantitative estimate of drug-likeness (QED) is 0.746. The van der Waals surface area contributed by atoms with E-state index in [1.165, 1.54) is 0 Å². The highest BCUT2D eigenvalue weighted by Crippen LogP contribution is 2.25. The molecular formula is C17H19N7O. The Bertz CT molecular complexity index is 936. The molecule has 0 bridgehead atoms. The summed E-state index contributed by atoms with van der Waals surface area (Å²) in [6, 6.07) is 7.82. The summed E-state index contributed by atoms with van der Waals surface area (Å²) in [6.45, 7) is 1.13. The highest BCUT2D eigenvalue weighted by atomic mass is 16.2. The van der Waals surface area contributed by atoms with Crippen molar-refractivity contribution in [2.75, 3.05) is 25.7 Å². The number of nitrogens with one attached hydrogen (secondary N) is 2. The second-order valence-corrected chi connectivity index (χ2v) is 6.09. The first-order valence-electron chi connectivity index (χ1n) is 7.99. The molecule has 1 aromatic carbocycles. The van der Waals surface area contributed by atoms with E-state index < -0.39 is 0 Å². The summed E-state index contributed by atoms with van der Waals surface area (Å²) in [5.74, 6) is 0.529. The predicted octanol–water partition coefficient (Wildman–Crippen LogP) is 1.83. The van der Waals surface area contributed by atoms with Crippen LogP contribution in [0.4, 0.5) is 10.6 Å². The summed E-state index contributed by atoms with van der Waals surface area (Å²) in [4.78, 5) is 16.7. The number of carbonyl (C=O) groups excluding carboxylic acids is 1. The fourth-order valence-electron chi connectivity index (χ4n) is 2.88. The van der Waals surface area contributed by atoms with Gasteiger partial charge in [0.15, 0.2) is 0 Å². The number of hydrogen-bond donors (Lipinski definition) is 2. The Hall–Kier alpha value is -2.97. The summed E-state index contributed by atoms with van der Waals surface area (Å²) in [7, 11) is 3.75. The van der Waals surface area contributed by atoms with Crippen LogP contribution in [0.25, 0.3) is 21.9 Å². The van der Waals surface area contributed by atoms with Crippen molar-refractivity contribution in [1.82, 2.24) is 30.1 Å². The van der Waals surface area contributed by atoms with E-state index in [0.29, 0.717) is 19.2 Å². The molecule has 3 aromatic rings. The molecule has 8 nitrogen and oxygen atoms in total. The number of amides is 2. The van der Waals surface area contributed by atoms with Crippen molar-refractivity contribution in [3.8, 4) is 11.1 Å². The average molecular weight is 337 g/mol. The second-order valence-electron chi connectivity index (χ2n) is 6.09. The van der Waals surface area contributed by atoms with Crippen LogP contribution in [0.15, 0.2) is 42.9 Å². The number of urea groups is 1. The summed E-state index contributed by atoms with van der Waals surface area (Å²) >= 11 is 0. The lowest BCUT2D eigenvalue weighted by Gasteiger charge is -2.22. The maximum Gasteiger partial charge on any atom is 0.338 e. The number of hydrazine groups is 1. The molecule has 1 aliphatic rings. The lowest BCUT2D eigenvalue weighted by Crippen LogP contribution is -2.41. The van der Waals surface area contributed by atoms with E-state index in [4.69, 9.17) is 0 Å². The van der Waals surface area contributed by atoms with Gasteiger partial charge in [0, 0.05) is 37.4 Å². The van der Waals surface area contributed by atoms with Gasteiger partial charge in [0.1, 0.15) is 5.82 Å². The number of nitrogens with zero attached hydrogens (tertiary/aromatic N) is 5. The third-order valence-electron chi connectivity index (χ3n) is 4.24. The molecule has 1 fully saturated rings. The zero-order valence-electron chi connectivity index (χ0n) is 14.1. The fourth-order valence-corrected chi connectivity index (χ4v) is 2.88. The number of hydrogen-bond acceptors (Lipinski definition) is 5. The number of carbonyl (C=O) groups is 1. The highest BCUT2D eigenvalue weighted by molar-refractivity contribution is 5.93. The first kappa shape index (κ1) is 15.6. The normalized spacial score (nSPS) is 15.0. The summed E-state index contributed by atoms with van der Waals surface area (Å²) in [5.41, 5.74) is 2.13. The van der Waals surface area contributed by atoms with Gasteiger partial charge in [-0.3, -0.25) is 15.3 Å². The number of benzene rings is 1. The van der Waals surface area contributed by atoms with Gasteiger partial charge in [0.25, 0.3) is 0 Å². The minimum absolute atomic E-state index is 0.206. The average Bonchev–Trinajstić information content (AvgIpc) is 3.22. The molecule has 0 unspecified atom stereocenters. The topological polar surface area (TPSA) is 78.3 Å². The molecule has 2 aromatic heterocycles. The molecule has 0 spiro atoms. The minimum atomic E-state index is -0.206. The van der Waals surface area contributed by atoms with Gasteiger partial charge in [0.2, 0.25) is 0 Å². The van der Waals surface area contributed by atoms with Gasteiger partial charge in [-0.05, 0) is 23.1 Å². The molecule has 0 radical (unpaired) electrons. The van der Waals surface area contributed by atoms with Gasteiger partial charge in [-0.25, -0.2) is 19.8 Å². The molecule has 25 heavy (non-hydrogen) atoms. The molecule has 4 rings (SSSR count). The molecule has 2 amide bonds. The molecule has 1 aliphatic heterocycles. The Kier molecular flexibility index (Phi) is 3.83. The number of rotatable bonds is 2. The maximum atomic E-state index is 12.3. The van der Waals surface area contributed by atoms with Crippen molar-refractivity contribution < 1.29 is 4.79 Å². The van der Waals surface area contributed by atoms with Gasteiger partial charge >= 0.3 is 6.03 Å².